The van der Waals surface area contributed by atoms with E-state index in [4.69, 9.17) is 33.7 Å². The van der Waals surface area contributed by atoms with Gasteiger partial charge in [-0.05, 0) is 36.4 Å². The molecular formula is C15H9Cl2N3O3. The zero-order valence-corrected chi connectivity index (χ0v) is 13.0. The van der Waals surface area contributed by atoms with Crippen LogP contribution >= 0.6 is 23.2 Å². The van der Waals surface area contributed by atoms with E-state index in [1.807, 2.05) is 0 Å². The lowest BCUT2D eigenvalue weighted by atomic mass is 10.1. The fourth-order valence-electron chi connectivity index (χ4n) is 2.04. The number of nitrogens with zero attached hydrogens (tertiary/aromatic N) is 1. The number of nitrogens with two attached hydrogens (primary N) is 1. The molecule has 8 heteroatoms. The standard InChI is InChI=1S/C15H9Cl2N3O3/c16-8-4-9(17)6-10(5-8)23-14(22)7-1-2-12-11(3-7)13(21)20-15(18)19-12/h1-6H,(H3,18,19,20,21). The predicted octanol–water partition coefficient (Wildman–Crippen LogP) is 3.03. The summed E-state index contributed by atoms with van der Waals surface area (Å²) in [4.78, 5) is 30.4. The van der Waals surface area contributed by atoms with Gasteiger partial charge < -0.3 is 10.5 Å². The van der Waals surface area contributed by atoms with E-state index in [0.29, 0.717) is 15.6 Å². The zero-order valence-electron chi connectivity index (χ0n) is 11.5. The highest BCUT2D eigenvalue weighted by atomic mass is 35.5. The summed E-state index contributed by atoms with van der Waals surface area (Å²) in [7, 11) is 0. The summed E-state index contributed by atoms with van der Waals surface area (Å²) in [5.41, 5.74) is 5.60. The molecule has 6 nitrogen and oxygen atoms in total. The largest absolute Gasteiger partial charge is 0.423 e. The van der Waals surface area contributed by atoms with E-state index >= 15 is 0 Å². The van der Waals surface area contributed by atoms with Crippen LogP contribution < -0.4 is 16.0 Å². The highest BCUT2D eigenvalue weighted by molar-refractivity contribution is 6.34. The van der Waals surface area contributed by atoms with E-state index in [-0.39, 0.29) is 22.6 Å². The fraction of sp³-hybridized carbons (Fsp3) is 0. The molecule has 0 unspecified atom stereocenters. The van der Waals surface area contributed by atoms with Gasteiger partial charge in [0.1, 0.15) is 5.75 Å². The summed E-state index contributed by atoms with van der Waals surface area (Å²) in [6.07, 6.45) is 0. The molecule has 1 aromatic heterocycles. The van der Waals surface area contributed by atoms with Crippen LogP contribution in [0.3, 0.4) is 0 Å². The molecule has 0 saturated heterocycles. The van der Waals surface area contributed by atoms with Crippen LogP contribution in [-0.4, -0.2) is 15.9 Å². The monoisotopic (exact) mass is 349 g/mol. The van der Waals surface area contributed by atoms with Gasteiger partial charge in [-0.15, -0.1) is 0 Å². The fourth-order valence-corrected chi connectivity index (χ4v) is 2.54. The third-order valence-electron chi connectivity index (χ3n) is 3.01. The zero-order chi connectivity index (χ0) is 16.6. The molecule has 3 rings (SSSR count). The number of hydrogen-bond donors (Lipinski definition) is 2. The Morgan fingerprint density at radius 1 is 1.13 bits per heavy atom. The Bertz CT molecular complexity index is 965. The Balaban J connectivity index is 1.96. The number of nitrogen functional groups attached to an aromatic ring is 1. The van der Waals surface area contributed by atoms with Gasteiger partial charge >= 0.3 is 5.97 Å². The summed E-state index contributed by atoms with van der Waals surface area (Å²) in [5, 5.41) is 0.919. The maximum Gasteiger partial charge on any atom is 0.343 e. The molecular weight excluding hydrogens is 341 g/mol. The van der Waals surface area contributed by atoms with Crippen molar-refractivity contribution in [2.75, 3.05) is 5.73 Å². The molecule has 0 aliphatic heterocycles. The van der Waals surface area contributed by atoms with Gasteiger partial charge in [-0.25, -0.2) is 9.78 Å². The van der Waals surface area contributed by atoms with Crippen molar-refractivity contribution in [2.24, 2.45) is 0 Å². The average molecular weight is 350 g/mol. The van der Waals surface area contributed by atoms with Crippen molar-refractivity contribution in [3.8, 4) is 5.75 Å². The van der Waals surface area contributed by atoms with E-state index in [2.05, 4.69) is 9.97 Å². The van der Waals surface area contributed by atoms with Gasteiger partial charge in [-0.3, -0.25) is 9.78 Å². The van der Waals surface area contributed by atoms with Crippen molar-refractivity contribution in [2.45, 2.75) is 0 Å². The molecule has 23 heavy (non-hydrogen) atoms. The summed E-state index contributed by atoms with van der Waals surface area (Å²) in [6.45, 7) is 0. The first-order valence-corrected chi connectivity index (χ1v) is 7.16. The quantitative estimate of drug-likeness (QED) is 0.547. The number of ether oxygens (including phenoxy) is 1. The smallest absolute Gasteiger partial charge is 0.343 e. The lowest BCUT2D eigenvalue weighted by Gasteiger charge is -2.06. The van der Waals surface area contributed by atoms with E-state index in [1.165, 1.54) is 36.4 Å². The Morgan fingerprint density at radius 2 is 1.83 bits per heavy atom. The van der Waals surface area contributed by atoms with Gasteiger partial charge in [0.15, 0.2) is 0 Å². The lowest BCUT2D eigenvalue weighted by Crippen LogP contribution is -2.13. The summed E-state index contributed by atoms with van der Waals surface area (Å²) in [5.74, 6) is -0.440. The Morgan fingerprint density at radius 3 is 2.52 bits per heavy atom. The Hall–Kier alpha value is -2.57. The third kappa shape index (κ3) is 3.28. The Kier molecular flexibility index (Phi) is 3.94. The van der Waals surface area contributed by atoms with Crippen molar-refractivity contribution < 1.29 is 9.53 Å². The normalized spacial score (nSPS) is 10.7. The van der Waals surface area contributed by atoms with Crippen molar-refractivity contribution in [3.63, 3.8) is 0 Å². The van der Waals surface area contributed by atoms with E-state index in [0.717, 1.165) is 0 Å². The van der Waals surface area contributed by atoms with Crippen LogP contribution in [0.4, 0.5) is 5.95 Å². The van der Waals surface area contributed by atoms with E-state index < -0.39 is 11.5 Å². The van der Waals surface area contributed by atoms with E-state index in [9.17, 15) is 9.59 Å². The van der Waals surface area contributed by atoms with Crippen LogP contribution in [0.15, 0.2) is 41.2 Å². The number of anilines is 1. The number of esters is 1. The molecule has 0 aliphatic rings. The molecule has 0 spiro atoms. The second kappa shape index (κ2) is 5.91. The van der Waals surface area contributed by atoms with Gasteiger partial charge in [0.2, 0.25) is 5.95 Å². The SMILES string of the molecule is Nc1nc2ccc(C(=O)Oc3cc(Cl)cc(Cl)c3)cc2c(=O)[nH]1. The van der Waals surface area contributed by atoms with Crippen molar-refractivity contribution >= 4 is 46.0 Å². The summed E-state index contributed by atoms with van der Waals surface area (Å²) >= 11 is 11.7. The van der Waals surface area contributed by atoms with Crippen molar-refractivity contribution in [1.29, 1.82) is 0 Å². The van der Waals surface area contributed by atoms with Crippen LogP contribution in [0, 0.1) is 0 Å². The summed E-state index contributed by atoms with van der Waals surface area (Å²) in [6, 6.07) is 8.83. The molecule has 0 amide bonds. The lowest BCUT2D eigenvalue weighted by molar-refractivity contribution is 0.0735. The third-order valence-corrected chi connectivity index (χ3v) is 3.44. The first-order valence-electron chi connectivity index (χ1n) is 6.40. The van der Waals surface area contributed by atoms with E-state index in [1.54, 1.807) is 0 Å². The van der Waals surface area contributed by atoms with Gasteiger partial charge in [0.25, 0.3) is 5.56 Å². The van der Waals surface area contributed by atoms with Crippen LogP contribution in [0.5, 0.6) is 5.75 Å². The van der Waals surface area contributed by atoms with Crippen LogP contribution in [-0.2, 0) is 0 Å². The number of carbonyl (C=O) groups is 1. The minimum atomic E-state index is -0.651. The number of carbonyl (C=O) groups excluding carboxylic acids is 1. The molecule has 0 aliphatic carbocycles. The van der Waals surface area contributed by atoms with Crippen molar-refractivity contribution in [3.05, 3.63) is 62.4 Å². The van der Waals surface area contributed by atoms with Crippen LogP contribution in [0.25, 0.3) is 10.9 Å². The maximum atomic E-state index is 12.2. The molecule has 0 fully saturated rings. The predicted molar refractivity (Wildman–Crippen MR) is 88.2 cm³/mol. The molecule has 116 valence electrons. The molecule has 3 N–H and O–H groups in total. The maximum absolute atomic E-state index is 12.2. The number of hydrogen-bond acceptors (Lipinski definition) is 5. The van der Waals surface area contributed by atoms with Crippen LogP contribution in [0.1, 0.15) is 10.4 Å². The number of aromatic amines is 1. The first-order chi connectivity index (χ1) is 10.9. The molecule has 0 radical (unpaired) electrons. The number of aromatic nitrogens is 2. The summed E-state index contributed by atoms with van der Waals surface area (Å²) < 4.78 is 5.21. The number of rotatable bonds is 2. The van der Waals surface area contributed by atoms with Gasteiger partial charge in [-0.2, -0.15) is 0 Å². The highest BCUT2D eigenvalue weighted by Gasteiger charge is 2.12. The number of halogens is 2. The van der Waals surface area contributed by atoms with Crippen molar-refractivity contribution in [1.82, 2.24) is 9.97 Å². The minimum Gasteiger partial charge on any atom is -0.423 e. The van der Waals surface area contributed by atoms with Crippen LogP contribution in [0.2, 0.25) is 10.0 Å². The van der Waals surface area contributed by atoms with Gasteiger partial charge in [0, 0.05) is 10.0 Å². The number of nitrogens with one attached hydrogen (secondary N) is 1. The molecule has 0 atom stereocenters. The van der Waals surface area contributed by atoms with Gasteiger partial charge in [0.05, 0.1) is 16.5 Å². The highest BCUT2D eigenvalue weighted by Crippen LogP contribution is 2.25. The molecule has 2 aromatic carbocycles. The minimum absolute atomic E-state index is 0.00592. The molecule has 1 heterocycles. The number of benzene rings is 2. The Labute approximate surface area is 139 Å². The number of H-pyrrole nitrogens is 1. The second-order valence-corrected chi connectivity index (χ2v) is 5.55. The molecule has 0 bridgehead atoms. The first kappa shape index (κ1) is 15.3. The molecule has 3 aromatic rings. The second-order valence-electron chi connectivity index (χ2n) is 4.68. The van der Waals surface area contributed by atoms with Gasteiger partial charge in [-0.1, -0.05) is 23.2 Å². The molecule has 0 saturated carbocycles. The number of fused-ring (bicyclic) bond motifs is 1. The topological polar surface area (TPSA) is 98.1 Å². The average Bonchev–Trinajstić information content (AvgIpc) is 2.45.